The van der Waals surface area contributed by atoms with E-state index in [1.807, 2.05) is 0 Å². The zero-order chi connectivity index (χ0) is 17.7. The summed E-state index contributed by atoms with van der Waals surface area (Å²) in [4.78, 5) is 43.1. The second kappa shape index (κ2) is 7.40. The summed E-state index contributed by atoms with van der Waals surface area (Å²) in [6.07, 6.45) is 4.73. The maximum absolute atomic E-state index is 12.1. The number of rotatable bonds is 6. The van der Waals surface area contributed by atoms with Gasteiger partial charge in [0.05, 0.1) is 13.5 Å². The van der Waals surface area contributed by atoms with E-state index in [2.05, 4.69) is 25.3 Å². The first-order chi connectivity index (χ1) is 11.4. The second-order valence-corrected chi connectivity index (χ2v) is 4.96. The molecule has 2 heterocycles. The number of amides is 2. The van der Waals surface area contributed by atoms with Crippen LogP contribution in [0.3, 0.4) is 0 Å². The molecule has 0 atom stereocenters. The van der Waals surface area contributed by atoms with Gasteiger partial charge in [-0.15, -0.1) is 0 Å². The van der Waals surface area contributed by atoms with E-state index in [9.17, 15) is 14.4 Å². The van der Waals surface area contributed by atoms with Crippen LogP contribution >= 0.6 is 0 Å². The van der Waals surface area contributed by atoms with Gasteiger partial charge in [-0.25, -0.2) is 9.97 Å². The van der Waals surface area contributed by atoms with Gasteiger partial charge in [0.25, 0.3) is 11.8 Å². The number of imidazole rings is 2. The molecule has 0 spiro atoms. The third-order valence-corrected chi connectivity index (χ3v) is 3.19. The van der Waals surface area contributed by atoms with Crippen LogP contribution in [0.1, 0.15) is 27.7 Å². The fraction of sp³-hybridized carbons (Fsp3) is 0.357. The summed E-state index contributed by atoms with van der Waals surface area (Å²) < 4.78 is 7.53. The van der Waals surface area contributed by atoms with Crippen molar-refractivity contribution in [1.29, 1.82) is 0 Å². The van der Waals surface area contributed by atoms with Crippen LogP contribution in [-0.4, -0.2) is 50.5 Å². The van der Waals surface area contributed by atoms with Crippen molar-refractivity contribution in [3.8, 4) is 0 Å². The molecule has 2 aromatic rings. The Morgan fingerprint density at radius 3 is 2.54 bits per heavy atom. The number of anilines is 1. The molecule has 0 aliphatic carbocycles. The lowest BCUT2D eigenvalue weighted by Gasteiger charge is -2.03. The fourth-order valence-electron chi connectivity index (χ4n) is 1.95. The molecule has 0 aromatic carbocycles. The number of carbonyl (C=O) groups excluding carboxylic acids is 3. The molecule has 0 saturated carbocycles. The van der Waals surface area contributed by atoms with Crippen molar-refractivity contribution in [1.82, 2.24) is 24.4 Å². The molecule has 0 aliphatic heterocycles. The van der Waals surface area contributed by atoms with Crippen molar-refractivity contribution in [3.63, 3.8) is 0 Å². The van der Waals surface area contributed by atoms with Gasteiger partial charge in [-0.05, 0) is 0 Å². The molecule has 24 heavy (non-hydrogen) atoms. The van der Waals surface area contributed by atoms with Gasteiger partial charge in [-0.3, -0.25) is 14.4 Å². The van der Waals surface area contributed by atoms with Crippen LogP contribution in [0.4, 0.5) is 5.82 Å². The number of esters is 1. The molecule has 2 amide bonds. The molecule has 2 rings (SSSR count). The van der Waals surface area contributed by atoms with Crippen LogP contribution < -0.4 is 10.6 Å². The zero-order valence-electron chi connectivity index (χ0n) is 13.6. The molecule has 2 N–H and O–H groups in total. The minimum Gasteiger partial charge on any atom is -0.469 e. The smallest absolute Gasteiger partial charge is 0.307 e. The molecule has 0 unspecified atom stereocenters. The van der Waals surface area contributed by atoms with Crippen LogP contribution in [0.25, 0.3) is 0 Å². The monoisotopic (exact) mass is 334 g/mol. The summed E-state index contributed by atoms with van der Waals surface area (Å²) in [5.74, 6) is -0.751. The minimum atomic E-state index is -0.459. The Kier molecular flexibility index (Phi) is 5.30. The Hall–Kier alpha value is -3.17. The van der Waals surface area contributed by atoms with E-state index >= 15 is 0 Å². The molecule has 0 radical (unpaired) electrons. The van der Waals surface area contributed by atoms with Gasteiger partial charge >= 0.3 is 5.97 Å². The third-order valence-electron chi connectivity index (χ3n) is 3.19. The van der Waals surface area contributed by atoms with Gasteiger partial charge < -0.3 is 24.5 Å². The molecule has 0 aliphatic rings. The lowest BCUT2D eigenvalue weighted by atomic mass is 10.4. The van der Waals surface area contributed by atoms with Crippen LogP contribution in [0.2, 0.25) is 0 Å². The average Bonchev–Trinajstić information content (AvgIpc) is 3.12. The first-order valence-electron chi connectivity index (χ1n) is 7.09. The molecule has 0 saturated heterocycles. The van der Waals surface area contributed by atoms with Crippen LogP contribution in [0.5, 0.6) is 0 Å². The highest BCUT2D eigenvalue weighted by atomic mass is 16.5. The summed E-state index contributed by atoms with van der Waals surface area (Å²) >= 11 is 0. The van der Waals surface area contributed by atoms with Gasteiger partial charge in [0, 0.05) is 39.2 Å². The van der Waals surface area contributed by atoms with E-state index in [1.165, 1.54) is 24.1 Å². The van der Waals surface area contributed by atoms with Gasteiger partial charge in [0.2, 0.25) is 5.82 Å². The van der Waals surface area contributed by atoms with Crippen LogP contribution in [0, 0.1) is 0 Å². The van der Waals surface area contributed by atoms with E-state index in [1.54, 1.807) is 24.9 Å². The minimum absolute atomic E-state index is 0.0649. The van der Waals surface area contributed by atoms with Crippen molar-refractivity contribution >= 4 is 23.6 Å². The number of hydrogen-bond acceptors (Lipinski definition) is 6. The summed E-state index contributed by atoms with van der Waals surface area (Å²) in [5, 5.41) is 5.13. The van der Waals surface area contributed by atoms with Crippen molar-refractivity contribution < 1.29 is 19.1 Å². The number of hydrogen-bond donors (Lipinski definition) is 2. The molecule has 0 bridgehead atoms. The number of aromatic nitrogens is 4. The molecule has 2 aromatic heterocycles. The second-order valence-electron chi connectivity index (χ2n) is 4.96. The first kappa shape index (κ1) is 17.2. The molecule has 0 fully saturated rings. The Bertz CT molecular complexity index is 763. The number of ether oxygens (including phenoxy) is 1. The molecule has 128 valence electrons. The van der Waals surface area contributed by atoms with E-state index in [0.717, 1.165) is 0 Å². The van der Waals surface area contributed by atoms with Crippen molar-refractivity contribution in [2.24, 2.45) is 14.1 Å². The number of carbonyl (C=O) groups is 3. The van der Waals surface area contributed by atoms with Crippen molar-refractivity contribution in [3.05, 3.63) is 30.2 Å². The van der Waals surface area contributed by atoms with Gasteiger partial charge in [0.15, 0.2) is 11.6 Å². The van der Waals surface area contributed by atoms with E-state index in [-0.39, 0.29) is 30.4 Å². The number of methoxy groups -OCH3 is 1. The lowest BCUT2D eigenvalue weighted by molar-refractivity contribution is -0.140. The van der Waals surface area contributed by atoms with E-state index < -0.39 is 17.8 Å². The molecule has 10 nitrogen and oxygen atoms in total. The zero-order valence-corrected chi connectivity index (χ0v) is 13.6. The van der Waals surface area contributed by atoms with Crippen molar-refractivity contribution in [2.75, 3.05) is 19.0 Å². The van der Waals surface area contributed by atoms with Crippen molar-refractivity contribution in [2.45, 2.75) is 6.42 Å². The maximum atomic E-state index is 12.1. The molecular formula is C14H18N6O4. The molecule has 10 heteroatoms. The number of aryl methyl sites for hydroxylation is 2. The van der Waals surface area contributed by atoms with Gasteiger partial charge in [0.1, 0.15) is 0 Å². The Balaban J connectivity index is 1.99. The van der Waals surface area contributed by atoms with E-state index in [4.69, 9.17) is 0 Å². The Morgan fingerprint density at radius 1 is 1.17 bits per heavy atom. The normalized spacial score (nSPS) is 10.3. The fourth-order valence-corrected chi connectivity index (χ4v) is 1.95. The Morgan fingerprint density at radius 2 is 1.92 bits per heavy atom. The maximum Gasteiger partial charge on any atom is 0.307 e. The topological polar surface area (TPSA) is 120 Å². The standard InChI is InChI=1S/C14H18N6O4/c1-19-7-6-15-11(19)14(23)18-9-8-20(2)12(17-9)13(22)16-5-4-10(21)24-3/h6-8H,4-5H2,1-3H3,(H,16,22)(H,18,23). The van der Waals surface area contributed by atoms with Gasteiger partial charge in [-0.2, -0.15) is 0 Å². The van der Waals surface area contributed by atoms with Gasteiger partial charge in [-0.1, -0.05) is 0 Å². The van der Waals surface area contributed by atoms with Crippen LogP contribution in [-0.2, 0) is 23.6 Å². The average molecular weight is 334 g/mol. The highest BCUT2D eigenvalue weighted by Gasteiger charge is 2.17. The van der Waals surface area contributed by atoms with Crippen LogP contribution in [0.15, 0.2) is 18.6 Å². The molecular weight excluding hydrogens is 316 g/mol. The quantitative estimate of drug-likeness (QED) is 0.700. The summed E-state index contributed by atoms with van der Waals surface area (Å²) in [7, 11) is 4.60. The Labute approximate surface area is 137 Å². The predicted molar refractivity (Wildman–Crippen MR) is 83.3 cm³/mol. The number of nitrogens with zero attached hydrogens (tertiary/aromatic N) is 4. The highest BCUT2D eigenvalue weighted by Crippen LogP contribution is 2.09. The van der Waals surface area contributed by atoms with E-state index in [0.29, 0.717) is 0 Å². The summed E-state index contributed by atoms with van der Waals surface area (Å²) in [6.45, 7) is 0.132. The highest BCUT2D eigenvalue weighted by molar-refractivity contribution is 6.01. The summed E-state index contributed by atoms with van der Waals surface area (Å²) in [6, 6.07) is 0. The summed E-state index contributed by atoms with van der Waals surface area (Å²) in [5.41, 5.74) is 0. The first-order valence-corrected chi connectivity index (χ1v) is 7.09. The number of nitrogens with one attached hydrogen (secondary N) is 2. The lowest BCUT2D eigenvalue weighted by Crippen LogP contribution is -2.28. The predicted octanol–water partition coefficient (Wildman–Crippen LogP) is -0.301. The largest absolute Gasteiger partial charge is 0.469 e. The third kappa shape index (κ3) is 3.97. The SMILES string of the molecule is COC(=O)CCNC(=O)c1nc(NC(=O)c2nccn2C)cn1C.